The zero-order valence-electron chi connectivity index (χ0n) is 10.4. The Kier molecular flexibility index (Phi) is 4.99. The van der Waals surface area contributed by atoms with E-state index in [9.17, 15) is 4.79 Å². The van der Waals surface area contributed by atoms with E-state index in [1.165, 1.54) is 20.3 Å². The lowest BCUT2D eigenvalue weighted by Gasteiger charge is -2.13. The lowest BCUT2D eigenvalue weighted by Crippen LogP contribution is -2.13. The molecule has 1 heterocycles. The van der Waals surface area contributed by atoms with E-state index < -0.39 is 12.3 Å². The predicted octanol–water partition coefficient (Wildman–Crippen LogP) is 1.25. The average Bonchev–Trinajstić information content (AvgIpc) is 2.30. The largest absolute Gasteiger partial charge is 0.461 e. The van der Waals surface area contributed by atoms with E-state index in [-0.39, 0.29) is 5.69 Å². The number of nitrogens with zero attached hydrogens (tertiary/aromatic N) is 2. The molecule has 0 aliphatic carbocycles. The molecule has 0 fully saturated rings. The summed E-state index contributed by atoms with van der Waals surface area (Å²) in [5.74, 6) is -0.0186. The summed E-state index contributed by atoms with van der Waals surface area (Å²) in [5.41, 5.74) is 0.694. The second-order valence-electron chi connectivity index (χ2n) is 3.25. The summed E-state index contributed by atoms with van der Waals surface area (Å²) in [6.07, 6.45) is -0.620. The van der Waals surface area contributed by atoms with Crippen molar-refractivity contribution in [2.75, 3.05) is 20.8 Å². The van der Waals surface area contributed by atoms with Crippen molar-refractivity contribution in [2.45, 2.75) is 20.1 Å². The van der Waals surface area contributed by atoms with Crippen LogP contribution in [-0.2, 0) is 14.2 Å². The summed E-state index contributed by atoms with van der Waals surface area (Å²) in [6, 6.07) is 1.50. The number of ether oxygens (including phenoxy) is 3. The summed E-state index contributed by atoms with van der Waals surface area (Å²) < 4.78 is 15.0. The Hall–Kier alpha value is -1.53. The number of carbonyl (C=O) groups is 1. The Labute approximate surface area is 99.9 Å². The van der Waals surface area contributed by atoms with E-state index >= 15 is 0 Å². The van der Waals surface area contributed by atoms with Crippen LogP contribution < -0.4 is 0 Å². The van der Waals surface area contributed by atoms with Gasteiger partial charge in [0.1, 0.15) is 11.5 Å². The van der Waals surface area contributed by atoms with Crippen LogP contribution in [0, 0.1) is 6.92 Å². The Balaban J connectivity index is 3.05. The lowest BCUT2D eigenvalue weighted by atomic mass is 10.3. The van der Waals surface area contributed by atoms with Gasteiger partial charge in [0.25, 0.3) is 0 Å². The van der Waals surface area contributed by atoms with Crippen LogP contribution in [0.4, 0.5) is 0 Å². The molecule has 0 N–H and O–H groups in total. The lowest BCUT2D eigenvalue weighted by molar-refractivity contribution is -0.108. The molecule has 6 heteroatoms. The minimum Gasteiger partial charge on any atom is -0.461 e. The molecule has 0 unspecified atom stereocenters. The zero-order chi connectivity index (χ0) is 12.8. The van der Waals surface area contributed by atoms with Gasteiger partial charge in [-0.1, -0.05) is 0 Å². The molecule has 0 saturated heterocycles. The van der Waals surface area contributed by atoms with Gasteiger partial charge in [-0.15, -0.1) is 0 Å². The Morgan fingerprint density at radius 1 is 1.35 bits per heavy atom. The van der Waals surface area contributed by atoms with E-state index in [0.717, 1.165) is 0 Å². The van der Waals surface area contributed by atoms with Gasteiger partial charge in [0, 0.05) is 14.2 Å². The summed E-state index contributed by atoms with van der Waals surface area (Å²) in [5, 5.41) is 0. The Morgan fingerprint density at radius 3 is 2.53 bits per heavy atom. The Bertz CT molecular complexity index is 391. The minimum absolute atomic E-state index is 0.202. The average molecular weight is 240 g/mol. The SMILES string of the molecule is CCOC(=O)c1cc(C(OC)OC)nc(C)n1. The van der Waals surface area contributed by atoms with Crippen molar-refractivity contribution in [3.8, 4) is 0 Å². The van der Waals surface area contributed by atoms with Gasteiger partial charge in [0.2, 0.25) is 6.29 Å². The van der Waals surface area contributed by atoms with Crippen LogP contribution >= 0.6 is 0 Å². The molecule has 0 atom stereocenters. The fourth-order valence-corrected chi connectivity index (χ4v) is 1.36. The number of hydrogen-bond acceptors (Lipinski definition) is 6. The highest BCUT2D eigenvalue weighted by molar-refractivity contribution is 5.87. The molecule has 0 spiro atoms. The molecular weight excluding hydrogens is 224 g/mol. The molecule has 0 amide bonds. The predicted molar refractivity (Wildman–Crippen MR) is 59.5 cm³/mol. The maximum atomic E-state index is 11.6. The molecule has 17 heavy (non-hydrogen) atoms. The molecule has 0 radical (unpaired) electrons. The minimum atomic E-state index is -0.620. The van der Waals surface area contributed by atoms with Gasteiger partial charge in [-0.05, 0) is 19.9 Å². The zero-order valence-corrected chi connectivity index (χ0v) is 10.4. The number of aryl methyl sites for hydroxylation is 1. The molecule has 0 aromatic carbocycles. The van der Waals surface area contributed by atoms with Crippen LogP contribution in [0.25, 0.3) is 0 Å². The Morgan fingerprint density at radius 2 is 2.00 bits per heavy atom. The van der Waals surface area contributed by atoms with Crippen LogP contribution in [0.2, 0.25) is 0 Å². The number of methoxy groups -OCH3 is 2. The highest BCUT2D eigenvalue weighted by Gasteiger charge is 2.16. The first kappa shape index (κ1) is 13.5. The summed E-state index contributed by atoms with van der Waals surface area (Å²) in [4.78, 5) is 19.7. The van der Waals surface area contributed by atoms with Crippen LogP contribution in [0.3, 0.4) is 0 Å². The van der Waals surface area contributed by atoms with Crippen molar-refractivity contribution in [1.82, 2.24) is 9.97 Å². The first-order chi connectivity index (χ1) is 8.12. The van der Waals surface area contributed by atoms with Crippen molar-refractivity contribution in [1.29, 1.82) is 0 Å². The molecule has 6 nitrogen and oxygen atoms in total. The third-order valence-corrected chi connectivity index (χ3v) is 2.01. The van der Waals surface area contributed by atoms with E-state index in [2.05, 4.69) is 9.97 Å². The number of rotatable bonds is 5. The summed E-state index contributed by atoms with van der Waals surface area (Å²) >= 11 is 0. The van der Waals surface area contributed by atoms with E-state index in [1.807, 2.05) is 0 Å². The normalized spacial score (nSPS) is 10.6. The van der Waals surface area contributed by atoms with Gasteiger partial charge in [0.15, 0.2) is 5.69 Å². The maximum absolute atomic E-state index is 11.6. The van der Waals surface area contributed by atoms with E-state index in [1.54, 1.807) is 13.8 Å². The molecule has 0 bridgehead atoms. The third-order valence-electron chi connectivity index (χ3n) is 2.01. The molecule has 0 aliphatic heterocycles. The van der Waals surface area contributed by atoms with Gasteiger partial charge in [-0.3, -0.25) is 0 Å². The molecular formula is C11H16N2O4. The van der Waals surface area contributed by atoms with Gasteiger partial charge in [-0.2, -0.15) is 0 Å². The number of esters is 1. The monoisotopic (exact) mass is 240 g/mol. The fraction of sp³-hybridized carbons (Fsp3) is 0.545. The number of aromatic nitrogens is 2. The second kappa shape index (κ2) is 6.27. The first-order valence-corrected chi connectivity index (χ1v) is 5.20. The van der Waals surface area contributed by atoms with Crippen LogP contribution in [0.15, 0.2) is 6.07 Å². The highest BCUT2D eigenvalue weighted by atomic mass is 16.7. The standard InChI is InChI=1S/C11H16N2O4/c1-5-17-10(14)8-6-9(11(15-3)16-4)13-7(2)12-8/h6,11H,5H2,1-4H3. The van der Waals surface area contributed by atoms with Crippen LogP contribution in [0.1, 0.15) is 35.2 Å². The van der Waals surface area contributed by atoms with Crippen molar-refractivity contribution in [3.63, 3.8) is 0 Å². The summed E-state index contributed by atoms with van der Waals surface area (Å²) in [6.45, 7) is 3.73. The van der Waals surface area contributed by atoms with Crippen molar-refractivity contribution < 1.29 is 19.0 Å². The molecule has 94 valence electrons. The smallest absolute Gasteiger partial charge is 0.357 e. The first-order valence-electron chi connectivity index (χ1n) is 5.20. The molecule has 0 saturated carbocycles. The fourth-order valence-electron chi connectivity index (χ4n) is 1.36. The van der Waals surface area contributed by atoms with Gasteiger partial charge < -0.3 is 14.2 Å². The van der Waals surface area contributed by atoms with Crippen LogP contribution in [-0.4, -0.2) is 36.8 Å². The van der Waals surface area contributed by atoms with Gasteiger partial charge in [-0.25, -0.2) is 14.8 Å². The molecule has 1 rings (SSSR count). The molecule has 1 aromatic heterocycles. The number of carbonyl (C=O) groups excluding carboxylic acids is 1. The third kappa shape index (κ3) is 3.47. The number of hydrogen-bond donors (Lipinski definition) is 0. The van der Waals surface area contributed by atoms with Gasteiger partial charge >= 0.3 is 5.97 Å². The van der Waals surface area contributed by atoms with Crippen molar-refractivity contribution >= 4 is 5.97 Å². The summed E-state index contributed by atoms with van der Waals surface area (Å²) in [7, 11) is 2.99. The van der Waals surface area contributed by atoms with E-state index in [4.69, 9.17) is 14.2 Å². The van der Waals surface area contributed by atoms with Crippen LogP contribution in [0.5, 0.6) is 0 Å². The maximum Gasteiger partial charge on any atom is 0.357 e. The molecule has 0 aliphatic rings. The topological polar surface area (TPSA) is 70.5 Å². The van der Waals surface area contributed by atoms with E-state index in [0.29, 0.717) is 18.1 Å². The van der Waals surface area contributed by atoms with Gasteiger partial charge in [0.05, 0.1) is 6.61 Å². The van der Waals surface area contributed by atoms with Crippen molar-refractivity contribution in [3.05, 3.63) is 23.3 Å². The second-order valence-corrected chi connectivity index (χ2v) is 3.25. The molecule has 1 aromatic rings. The highest BCUT2D eigenvalue weighted by Crippen LogP contribution is 2.16. The van der Waals surface area contributed by atoms with Crippen molar-refractivity contribution in [2.24, 2.45) is 0 Å². The quantitative estimate of drug-likeness (QED) is 0.570.